The van der Waals surface area contributed by atoms with Crippen LogP contribution in [0.5, 0.6) is 10.9 Å². The number of rotatable bonds is 4. The Morgan fingerprint density at radius 2 is 1.89 bits per heavy atom. The topological polar surface area (TPSA) is 51.7 Å². The van der Waals surface area contributed by atoms with Crippen LogP contribution in [0.25, 0.3) is 10.2 Å². The molecule has 27 heavy (non-hydrogen) atoms. The van der Waals surface area contributed by atoms with Crippen molar-refractivity contribution in [1.82, 2.24) is 9.88 Å². The molecule has 0 bridgehead atoms. The van der Waals surface area contributed by atoms with E-state index in [0.29, 0.717) is 18.3 Å². The summed E-state index contributed by atoms with van der Waals surface area (Å²) in [5.74, 6) is 0.918. The lowest BCUT2D eigenvalue weighted by Gasteiger charge is -2.31. The molecule has 0 unspecified atom stereocenters. The highest BCUT2D eigenvalue weighted by molar-refractivity contribution is 7.20. The van der Waals surface area contributed by atoms with Gasteiger partial charge in [0.15, 0.2) is 0 Å². The van der Waals surface area contributed by atoms with Crippen molar-refractivity contribution in [3.05, 3.63) is 53.6 Å². The quantitative estimate of drug-likeness (QED) is 0.675. The number of amides is 1. The van der Waals surface area contributed by atoms with E-state index in [2.05, 4.69) is 4.98 Å². The number of hydrogen-bond acceptors (Lipinski definition) is 5. The first-order chi connectivity index (χ1) is 13.1. The molecule has 140 valence electrons. The Morgan fingerprint density at radius 3 is 2.59 bits per heavy atom. The second-order valence-corrected chi connectivity index (χ2v) is 7.78. The van der Waals surface area contributed by atoms with Crippen molar-refractivity contribution in [1.29, 1.82) is 0 Å². The maximum atomic E-state index is 12.6. The largest absolute Gasteiger partial charge is 0.497 e. The normalized spacial score (nSPS) is 15.1. The molecule has 1 saturated heterocycles. The maximum absolute atomic E-state index is 12.6. The fraction of sp³-hybridized carbons (Fsp3) is 0.333. The van der Waals surface area contributed by atoms with Gasteiger partial charge < -0.3 is 14.4 Å². The van der Waals surface area contributed by atoms with Crippen LogP contribution in [-0.2, 0) is 0 Å². The number of carbonyl (C=O) groups is 1. The molecule has 1 aliphatic heterocycles. The minimum atomic E-state index is 0.0922. The number of likely N-dealkylation sites (tertiary alicyclic amines) is 1. The number of piperidine rings is 1. The van der Waals surface area contributed by atoms with E-state index in [1.54, 1.807) is 7.11 Å². The summed E-state index contributed by atoms with van der Waals surface area (Å²) in [6.07, 6.45) is 1.72. The molecule has 3 aromatic rings. The van der Waals surface area contributed by atoms with Gasteiger partial charge in [-0.05, 0) is 37.3 Å². The van der Waals surface area contributed by atoms with Gasteiger partial charge in [-0.1, -0.05) is 29.0 Å². The number of aromatic nitrogens is 1. The monoisotopic (exact) mass is 382 g/mol. The van der Waals surface area contributed by atoms with Crippen molar-refractivity contribution in [3.8, 4) is 10.9 Å². The fourth-order valence-electron chi connectivity index (χ4n) is 3.26. The Hall–Kier alpha value is -2.60. The van der Waals surface area contributed by atoms with Gasteiger partial charge in [-0.3, -0.25) is 4.79 Å². The summed E-state index contributed by atoms with van der Waals surface area (Å²) in [5.41, 5.74) is 2.83. The average Bonchev–Trinajstić information content (AvgIpc) is 3.10. The molecule has 0 spiro atoms. The summed E-state index contributed by atoms with van der Waals surface area (Å²) >= 11 is 1.53. The van der Waals surface area contributed by atoms with E-state index < -0.39 is 0 Å². The number of nitrogens with zero attached hydrogens (tertiary/aromatic N) is 2. The molecule has 0 aliphatic carbocycles. The molecule has 0 atom stereocenters. The van der Waals surface area contributed by atoms with Gasteiger partial charge in [0.05, 0.1) is 17.3 Å². The first kappa shape index (κ1) is 17.8. The molecule has 6 heteroatoms. The number of benzene rings is 2. The number of aryl methyl sites for hydroxylation is 1. The van der Waals surface area contributed by atoms with Crippen LogP contribution in [0.4, 0.5) is 0 Å². The molecule has 1 amide bonds. The van der Waals surface area contributed by atoms with Gasteiger partial charge in [0.1, 0.15) is 11.9 Å². The van der Waals surface area contributed by atoms with Crippen LogP contribution >= 0.6 is 11.3 Å². The van der Waals surface area contributed by atoms with E-state index in [1.165, 1.54) is 11.3 Å². The van der Waals surface area contributed by atoms with Crippen molar-refractivity contribution in [2.75, 3.05) is 20.2 Å². The van der Waals surface area contributed by atoms with Gasteiger partial charge in [0, 0.05) is 31.5 Å². The van der Waals surface area contributed by atoms with Gasteiger partial charge >= 0.3 is 0 Å². The van der Waals surface area contributed by atoms with Gasteiger partial charge in [-0.2, -0.15) is 0 Å². The highest BCUT2D eigenvalue weighted by atomic mass is 32.1. The Morgan fingerprint density at radius 1 is 1.15 bits per heavy atom. The second kappa shape index (κ2) is 7.56. The lowest BCUT2D eigenvalue weighted by Crippen LogP contribution is -2.41. The van der Waals surface area contributed by atoms with Crippen molar-refractivity contribution in [2.24, 2.45) is 0 Å². The predicted octanol–water partition coefficient (Wildman–Crippen LogP) is 4.30. The Balaban J connectivity index is 1.36. The van der Waals surface area contributed by atoms with Crippen LogP contribution in [0.15, 0.2) is 42.5 Å². The van der Waals surface area contributed by atoms with E-state index in [9.17, 15) is 4.79 Å². The molecule has 5 nitrogen and oxygen atoms in total. The molecule has 1 aliphatic rings. The number of thiazole rings is 1. The number of methoxy groups -OCH3 is 1. The zero-order valence-corrected chi connectivity index (χ0v) is 16.3. The minimum Gasteiger partial charge on any atom is -0.497 e. The van der Waals surface area contributed by atoms with Crippen molar-refractivity contribution < 1.29 is 14.3 Å². The number of ether oxygens (including phenoxy) is 2. The molecule has 2 aromatic carbocycles. The van der Waals surface area contributed by atoms with Crippen LogP contribution in [0.3, 0.4) is 0 Å². The summed E-state index contributed by atoms with van der Waals surface area (Å²) in [6.45, 7) is 3.43. The predicted molar refractivity (Wildman–Crippen MR) is 107 cm³/mol. The first-order valence-corrected chi connectivity index (χ1v) is 9.91. The minimum absolute atomic E-state index is 0.0922. The van der Waals surface area contributed by atoms with Crippen molar-refractivity contribution >= 4 is 27.5 Å². The summed E-state index contributed by atoms with van der Waals surface area (Å²) < 4.78 is 12.4. The van der Waals surface area contributed by atoms with E-state index in [-0.39, 0.29) is 12.0 Å². The Labute approximate surface area is 162 Å². The third-order valence-corrected chi connectivity index (χ3v) is 5.78. The average molecular weight is 382 g/mol. The van der Waals surface area contributed by atoms with Crippen molar-refractivity contribution in [3.63, 3.8) is 0 Å². The van der Waals surface area contributed by atoms with Crippen LogP contribution < -0.4 is 9.47 Å². The third-order valence-electron chi connectivity index (χ3n) is 4.87. The summed E-state index contributed by atoms with van der Waals surface area (Å²) in [5, 5.41) is 0.682. The van der Waals surface area contributed by atoms with E-state index in [1.807, 2.05) is 54.3 Å². The van der Waals surface area contributed by atoms with Gasteiger partial charge in [-0.25, -0.2) is 4.98 Å². The van der Waals surface area contributed by atoms with Gasteiger partial charge in [0.25, 0.3) is 11.1 Å². The molecule has 2 heterocycles. The van der Waals surface area contributed by atoms with E-state index >= 15 is 0 Å². The molecule has 0 saturated carbocycles. The van der Waals surface area contributed by atoms with Crippen LogP contribution in [0.1, 0.15) is 28.8 Å². The highest BCUT2D eigenvalue weighted by Crippen LogP contribution is 2.32. The Bertz CT molecular complexity index is 944. The standard InChI is InChI=1S/C21H22N2O3S/c1-14-3-5-15(6-4-14)20(24)23-11-9-16(10-12-23)26-21-22-18-8-7-17(25-2)13-19(18)27-21/h3-8,13,16H,9-12H2,1-2H3. The van der Waals surface area contributed by atoms with Gasteiger partial charge in [-0.15, -0.1) is 0 Å². The SMILES string of the molecule is COc1ccc2nc(OC3CCN(C(=O)c4ccc(C)cc4)CC3)sc2c1. The number of carbonyl (C=O) groups excluding carboxylic acids is 1. The molecule has 1 aromatic heterocycles. The van der Waals surface area contributed by atoms with E-state index in [0.717, 1.165) is 39.9 Å². The maximum Gasteiger partial charge on any atom is 0.274 e. The first-order valence-electron chi connectivity index (χ1n) is 9.09. The third kappa shape index (κ3) is 3.90. The van der Waals surface area contributed by atoms with Gasteiger partial charge in [0.2, 0.25) is 0 Å². The van der Waals surface area contributed by atoms with Crippen LogP contribution in [0.2, 0.25) is 0 Å². The smallest absolute Gasteiger partial charge is 0.274 e. The van der Waals surface area contributed by atoms with Crippen LogP contribution in [0, 0.1) is 6.92 Å². The number of hydrogen-bond donors (Lipinski definition) is 0. The molecule has 0 N–H and O–H groups in total. The molecular weight excluding hydrogens is 360 g/mol. The lowest BCUT2D eigenvalue weighted by molar-refractivity contribution is 0.0595. The lowest BCUT2D eigenvalue weighted by atomic mass is 10.1. The highest BCUT2D eigenvalue weighted by Gasteiger charge is 2.25. The molecular formula is C21H22N2O3S. The summed E-state index contributed by atoms with van der Waals surface area (Å²) in [4.78, 5) is 19.1. The fourth-order valence-corrected chi connectivity index (χ4v) is 4.17. The zero-order chi connectivity index (χ0) is 18.8. The molecule has 0 radical (unpaired) electrons. The summed E-state index contributed by atoms with van der Waals surface area (Å²) in [7, 11) is 1.66. The molecule has 4 rings (SSSR count). The van der Waals surface area contributed by atoms with Crippen LogP contribution in [-0.4, -0.2) is 42.1 Å². The van der Waals surface area contributed by atoms with Crippen molar-refractivity contribution in [2.45, 2.75) is 25.9 Å². The second-order valence-electron chi connectivity index (χ2n) is 6.79. The summed E-state index contributed by atoms with van der Waals surface area (Å²) in [6, 6.07) is 13.6. The Kier molecular flexibility index (Phi) is 4.99. The number of fused-ring (bicyclic) bond motifs is 1. The zero-order valence-electron chi connectivity index (χ0n) is 15.5. The van der Waals surface area contributed by atoms with E-state index in [4.69, 9.17) is 9.47 Å². The molecule has 1 fully saturated rings.